The molecule has 0 aliphatic carbocycles. The molecule has 0 unspecified atom stereocenters. The van der Waals surface area contributed by atoms with Crippen LogP contribution in [0.15, 0.2) is 0 Å². The molecule has 0 aromatic rings. The molecule has 0 aromatic carbocycles. The third kappa shape index (κ3) is 23.8. The van der Waals surface area contributed by atoms with Crippen molar-refractivity contribution in [1.82, 2.24) is 0 Å². The normalized spacial score (nSPS) is 13.3. The monoisotopic (exact) mass is 693 g/mol. The van der Waals surface area contributed by atoms with E-state index in [0.29, 0.717) is 13.2 Å². The van der Waals surface area contributed by atoms with Crippen LogP contribution in [-0.2, 0) is 17.9 Å². The van der Waals surface area contributed by atoms with Gasteiger partial charge in [0.05, 0.1) is 0 Å². The summed E-state index contributed by atoms with van der Waals surface area (Å²) in [6.45, 7) is 11.8. The van der Waals surface area contributed by atoms with Gasteiger partial charge in [0.15, 0.2) is 0 Å². The van der Waals surface area contributed by atoms with Gasteiger partial charge in [-0.05, 0) is 0 Å². The van der Waals surface area contributed by atoms with Crippen LogP contribution in [0.4, 0.5) is 0 Å². The van der Waals surface area contributed by atoms with Crippen LogP contribution in [0.2, 0.25) is 0 Å². The minimum atomic E-state index is -3.69. The van der Waals surface area contributed by atoms with Crippen molar-refractivity contribution in [2.45, 2.75) is 221 Å². The molecule has 4 nitrogen and oxygen atoms in total. The van der Waals surface area contributed by atoms with Crippen molar-refractivity contribution in [2.24, 2.45) is 0 Å². The number of hydrogen-bond donors (Lipinski definition) is 0. The number of rotatable bonds is 38. The standard InChI is InChI=1S/C40H86O4P2/c1-7-13-19-25-27-29-35-42-45(41,43-36-30-28-26-20-14-8-2)44-46(37-31-21-15-9-3,38-32-22-16-10-4,39-33-23-17-11-5)40-34-24-18-12-6/h7-40H2,1-6H3. The Kier molecular flexibility index (Phi) is 31.9. The predicted molar refractivity (Wildman–Crippen MR) is 210 cm³/mol. The minimum absolute atomic E-state index is 0.490. The predicted octanol–water partition coefficient (Wildman–Crippen LogP) is 15.7. The van der Waals surface area contributed by atoms with Gasteiger partial charge in [0, 0.05) is 0 Å². The van der Waals surface area contributed by atoms with Crippen molar-refractivity contribution in [3.63, 3.8) is 0 Å². The number of unbranched alkanes of at least 4 members (excludes halogenated alkanes) is 22. The molecule has 0 aromatic heterocycles. The fourth-order valence-electron chi connectivity index (χ4n) is 7.07. The zero-order valence-corrected chi connectivity index (χ0v) is 34.4. The summed E-state index contributed by atoms with van der Waals surface area (Å²) in [5.74, 6) is 0. The molecule has 0 amide bonds. The fourth-order valence-corrected chi connectivity index (χ4v) is 17.2. The number of hydrogen-bond acceptors (Lipinski definition) is 4. The Balaban J connectivity index is 6.37. The van der Waals surface area contributed by atoms with E-state index in [1.54, 1.807) is 0 Å². The second-order valence-corrected chi connectivity index (χ2v) is 22.3. The maximum absolute atomic E-state index is 15.0. The summed E-state index contributed by atoms with van der Waals surface area (Å²) in [6, 6.07) is 0. The quantitative estimate of drug-likeness (QED) is 0.0477. The molecule has 0 aliphatic heterocycles. The summed E-state index contributed by atoms with van der Waals surface area (Å²) in [5, 5.41) is 0. The second-order valence-electron chi connectivity index (χ2n) is 14.7. The van der Waals surface area contributed by atoms with Crippen molar-refractivity contribution >= 4 is 14.7 Å². The molecule has 280 valence electrons. The molecule has 0 atom stereocenters. The zero-order valence-electron chi connectivity index (χ0n) is 32.6. The molecule has 0 spiro atoms. The Morgan fingerprint density at radius 2 is 0.587 bits per heavy atom. The molecule has 0 bridgehead atoms. The van der Waals surface area contributed by atoms with Crippen LogP contribution in [0.5, 0.6) is 0 Å². The third-order valence-corrected chi connectivity index (χ3v) is 19.6. The molecule has 0 N–H and O–H groups in total. The summed E-state index contributed by atoms with van der Waals surface area (Å²) in [4.78, 5) is 0. The first-order valence-corrected chi connectivity index (χ1v) is 25.4. The van der Waals surface area contributed by atoms with Crippen molar-refractivity contribution in [2.75, 3.05) is 37.9 Å². The summed E-state index contributed by atoms with van der Waals surface area (Å²) in [6.07, 6.45) is 38.5. The van der Waals surface area contributed by atoms with Crippen LogP contribution in [-0.4, -0.2) is 37.9 Å². The average Bonchev–Trinajstić information content (AvgIpc) is 3.05. The molecular formula is C40H86O4P2. The summed E-state index contributed by atoms with van der Waals surface area (Å²) >= 11 is 0. The van der Waals surface area contributed by atoms with Crippen molar-refractivity contribution in [3.8, 4) is 0 Å². The van der Waals surface area contributed by atoms with Crippen LogP contribution in [0.25, 0.3) is 0 Å². The molecule has 0 aliphatic rings. The summed E-state index contributed by atoms with van der Waals surface area (Å²) < 4.78 is 35.3. The average molecular weight is 693 g/mol. The van der Waals surface area contributed by atoms with E-state index in [9.17, 15) is 0 Å². The van der Waals surface area contributed by atoms with Gasteiger partial charge in [-0.1, -0.05) is 0 Å². The molecule has 0 heterocycles. The molecular weight excluding hydrogens is 606 g/mol. The van der Waals surface area contributed by atoms with Gasteiger partial charge >= 0.3 is 292 Å². The molecule has 0 rings (SSSR count). The topological polar surface area (TPSA) is 44.8 Å². The Morgan fingerprint density at radius 1 is 0.348 bits per heavy atom. The van der Waals surface area contributed by atoms with Crippen LogP contribution < -0.4 is 0 Å². The molecule has 6 heteroatoms. The van der Waals surface area contributed by atoms with Crippen LogP contribution >= 0.6 is 14.7 Å². The Morgan fingerprint density at radius 3 is 0.870 bits per heavy atom. The Hall–Kier alpha value is 0.540. The van der Waals surface area contributed by atoms with Crippen molar-refractivity contribution < 1.29 is 17.9 Å². The van der Waals surface area contributed by atoms with Gasteiger partial charge in [-0.15, -0.1) is 0 Å². The van der Waals surface area contributed by atoms with Crippen molar-refractivity contribution in [1.29, 1.82) is 0 Å². The van der Waals surface area contributed by atoms with E-state index in [4.69, 9.17) is 13.4 Å². The second kappa shape index (κ2) is 31.5. The third-order valence-electron chi connectivity index (χ3n) is 10.1. The van der Waals surface area contributed by atoms with Gasteiger partial charge in [-0.2, -0.15) is 0 Å². The fraction of sp³-hybridized carbons (Fsp3) is 1.00. The van der Waals surface area contributed by atoms with Crippen LogP contribution in [0, 0.1) is 0 Å². The van der Waals surface area contributed by atoms with Gasteiger partial charge in [0.1, 0.15) is 0 Å². The summed E-state index contributed by atoms with van der Waals surface area (Å²) in [5.41, 5.74) is 0. The van der Waals surface area contributed by atoms with E-state index < -0.39 is 14.7 Å². The molecule has 0 fully saturated rings. The number of phosphoric acid groups is 1. The van der Waals surface area contributed by atoms with E-state index in [1.165, 1.54) is 154 Å². The van der Waals surface area contributed by atoms with Gasteiger partial charge in [-0.25, -0.2) is 0 Å². The van der Waals surface area contributed by atoms with E-state index in [1.807, 2.05) is 0 Å². The molecule has 0 saturated carbocycles. The van der Waals surface area contributed by atoms with Gasteiger partial charge in [0.2, 0.25) is 0 Å². The first-order chi connectivity index (χ1) is 22.4. The SMILES string of the molecule is CCCCCCCCOP(=O)(OCCCCCCCC)OP(CCCCCC)(CCCCCC)(CCCCCC)CCCCCC. The Bertz CT molecular complexity index is 605. The van der Waals surface area contributed by atoms with Crippen LogP contribution in [0.3, 0.4) is 0 Å². The molecule has 46 heavy (non-hydrogen) atoms. The first-order valence-electron chi connectivity index (χ1n) is 21.0. The Labute approximate surface area is 291 Å². The van der Waals surface area contributed by atoms with E-state index in [-0.39, 0.29) is 0 Å². The zero-order chi connectivity index (χ0) is 34.1. The van der Waals surface area contributed by atoms with E-state index >= 15 is 4.57 Å². The van der Waals surface area contributed by atoms with E-state index in [2.05, 4.69) is 41.5 Å². The number of phosphoric ester groups is 1. The first kappa shape index (κ1) is 46.5. The van der Waals surface area contributed by atoms with Crippen molar-refractivity contribution in [3.05, 3.63) is 0 Å². The molecule has 0 saturated heterocycles. The molecule has 0 radical (unpaired) electrons. The van der Waals surface area contributed by atoms with E-state index in [0.717, 1.165) is 50.3 Å². The van der Waals surface area contributed by atoms with Gasteiger partial charge < -0.3 is 0 Å². The van der Waals surface area contributed by atoms with Gasteiger partial charge in [0.25, 0.3) is 0 Å². The summed E-state index contributed by atoms with van der Waals surface area (Å²) in [7, 11) is -3.69. The maximum atomic E-state index is 15.0. The van der Waals surface area contributed by atoms with Crippen LogP contribution in [0.1, 0.15) is 221 Å². The van der Waals surface area contributed by atoms with Gasteiger partial charge in [-0.3, -0.25) is 0 Å².